The molecule has 0 aromatic heterocycles. The lowest BCUT2D eigenvalue weighted by Crippen LogP contribution is -2.48. The summed E-state index contributed by atoms with van der Waals surface area (Å²) >= 11 is 0. The van der Waals surface area contributed by atoms with E-state index in [1.807, 2.05) is 4.90 Å². The molecule has 2 amide bonds. The number of hydrogen-bond acceptors (Lipinski definition) is 7. The van der Waals surface area contributed by atoms with E-state index in [1.165, 1.54) is 0 Å². The molecule has 2 aromatic rings. The molecule has 1 fully saturated rings. The molecule has 0 unspecified atom stereocenters. The third-order valence-corrected chi connectivity index (χ3v) is 6.58. The highest BCUT2D eigenvalue weighted by Crippen LogP contribution is 2.33. The van der Waals surface area contributed by atoms with E-state index in [-0.39, 0.29) is 30.8 Å². The molecule has 0 N–H and O–H groups in total. The van der Waals surface area contributed by atoms with Crippen LogP contribution in [-0.2, 0) is 9.59 Å². The zero-order chi connectivity index (χ0) is 25.5. The number of methoxy groups -OCH3 is 1. The predicted molar refractivity (Wildman–Crippen MR) is 135 cm³/mol. The number of fused-ring (bicyclic) bond motifs is 1. The van der Waals surface area contributed by atoms with Gasteiger partial charge in [0.2, 0.25) is 5.91 Å². The van der Waals surface area contributed by atoms with Crippen LogP contribution in [0.2, 0.25) is 0 Å². The smallest absolute Gasteiger partial charge is 0.265 e. The Balaban J connectivity index is 1.35. The van der Waals surface area contributed by atoms with Crippen molar-refractivity contribution in [3.05, 3.63) is 48.0 Å². The minimum absolute atomic E-state index is 0.0633. The van der Waals surface area contributed by atoms with Gasteiger partial charge >= 0.3 is 0 Å². The van der Waals surface area contributed by atoms with Crippen molar-refractivity contribution in [2.75, 3.05) is 64.5 Å². The van der Waals surface area contributed by atoms with Crippen LogP contribution in [0.15, 0.2) is 42.5 Å². The van der Waals surface area contributed by atoms with Gasteiger partial charge in [0.15, 0.2) is 19.0 Å². The minimum atomic E-state index is -0.222. The lowest BCUT2D eigenvalue weighted by atomic mass is 10.1. The fraction of sp³-hybridized carbons (Fsp3) is 0.444. The number of rotatable bonds is 10. The van der Waals surface area contributed by atoms with E-state index in [4.69, 9.17) is 14.2 Å². The molecule has 9 nitrogen and oxygen atoms in total. The Bertz CT molecular complexity index is 1100. The number of anilines is 1. The second kappa shape index (κ2) is 11.9. The lowest BCUT2D eigenvalue weighted by molar-refractivity contribution is -0.133. The largest absolute Gasteiger partial charge is 0.497 e. The first kappa shape index (κ1) is 25.5. The molecule has 2 heterocycles. The molecule has 2 aliphatic heterocycles. The minimum Gasteiger partial charge on any atom is -0.497 e. The summed E-state index contributed by atoms with van der Waals surface area (Å²) in [6, 6.07) is 12.1. The Labute approximate surface area is 211 Å². The van der Waals surface area contributed by atoms with Gasteiger partial charge in [0, 0.05) is 50.8 Å². The Morgan fingerprint density at radius 3 is 2.56 bits per heavy atom. The van der Waals surface area contributed by atoms with Crippen molar-refractivity contribution in [1.29, 1.82) is 0 Å². The topological polar surface area (TPSA) is 88.6 Å². The van der Waals surface area contributed by atoms with Crippen molar-refractivity contribution in [1.82, 2.24) is 9.80 Å². The van der Waals surface area contributed by atoms with Crippen LogP contribution in [0, 0.1) is 0 Å². The van der Waals surface area contributed by atoms with Crippen LogP contribution in [0.25, 0.3) is 0 Å². The molecule has 0 atom stereocenters. The number of piperazine rings is 1. The van der Waals surface area contributed by atoms with Crippen molar-refractivity contribution in [2.24, 2.45) is 0 Å². The predicted octanol–water partition coefficient (Wildman–Crippen LogP) is 2.63. The van der Waals surface area contributed by atoms with Gasteiger partial charge in [0.05, 0.1) is 12.8 Å². The molecule has 9 heteroatoms. The monoisotopic (exact) mass is 495 g/mol. The fourth-order valence-electron chi connectivity index (χ4n) is 4.40. The molecule has 0 spiro atoms. The molecule has 2 aromatic carbocycles. The van der Waals surface area contributed by atoms with Gasteiger partial charge in [-0.15, -0.1) is 0 Å². The van der Waals surface area contributed by atoms with Gasteiger partial charge in [-0.05, 0) is 43.3 Å². The first-order valence-electron chi connectivity index (χ1n) is 12.4. The molecule has 192 valence electrons. The van der Waals surface area contributed by atoms with Gasteiger partial charge < -0.3 is 28.9 Å². The number of ether oxygens (including phenoxy) is 3. The molecule has 0 radical (unpaired) electrons. The van der Waals surface area contributed by atoms with Crippen LogP contribution >= 0.6 is 0 Å². The Hall–Kier alpha value is -3.59. The third kappa shape index (κ3) is 6.15. The number of Topliss-reactive ketones (excluding diaryl/α,β-unsaturated/α-hetero) is 1. The summed E-state index contributed by atoms with van der Waals surface area (Å²) in [5.41, 5.74) is 0.965. The highest BCUT2D eigenvalue weighted by atomic mass is 16.5. The maximum absolute atomic E-state index is 12.8. The Morgan fingerprint density at radius 2 is 1.81 bits per heavy atom. The molecule has 0 aliphatic carbocycles. The zero-order valence-corrected chi connectivity index (χ0v) is 20.9. The van der Waals surface area contributed by atoms with Crippen LogP contribution in [0.1, 0.15) is 30.1 Å². The van der Waals surface area contributed by atoms with Gasteiger partial charge in [-0.2, -0.15) is 0 Å². The lowest BCUT2D eigenvalue weighted by Gasteiger charge is -2.34. The number of likely N-dealkylation sites (N-methyl/N-ethyl adjacent to an activating group) is 1. The number of carbonyl (C=O) groups excluding carboxylic acids is 3. The van der Waals surface area contributed by atoms with E-state index in [0.29, 0.717) is 47.9 Å². The molecule has 0 bridgehead atoms. The van der Waals surface area contributed by atoms with Crippen molar-refractivity contribution >= 4 is 23.3 Å². The number of nitrogens with zero attached hydrogens (tertiary/aromatic N) is 3. The average Bonchev–Trinajstić information content (AvgIpc) is 2.92. The van der Waals surface area contributed by atoms with E-state index >= 15 is 0 Å². The maximum atomic E-state index is 12.8. The summed E-state index contributed by atoms with van der Waals surface area (Å²) in [5, 5.41) is 0. The summed E-state index contributed by atoms with van der Waals surface area (Å²) in [4.78, 5) is 43.9. The SMILES string of the molecule is CCN1CCN(C(=O)CCCN2C(=O)COc3ccc(C(=O)COc4cccc(OC)c4)cc32)CC1. The zero-order valence-electron chi connectivity index (χ0n) is 20.9. The van der Waals surface area contributed by atoms with Gasteiger partial charge in [-0.3, -0.25) is 14.4 Å². The summed E-state index contributed by atoms with van der Waals surface area (Å²) in [6.07, 6.45) is 0.911. The fourth-order valence-corrected chi connectivity index (χ4v) is 4.40. The van der Waals surface area contributed by atoms with E-state index in [2.05, 4.69) is 11.8 Å². The second-order valence-corrected chi connectivity index (χ2v) is 8.83. The molecule has 1 saturated heterocycles. The van der Waals surface area contributed by atoms with Crippen LogP contribution in [0.5, 0.6) is 17.2 Å². The van der Waals surface area contributed by atoms with E-state index in [1.54, 1.807) is 54.5 Å². The molecular weight excluding hydrogens is 462 g/mol. The van der Waals surface area contributed by atoms with Crippen molar-refractivity contribution < 1.29 is 28.6 Å². The normalized spacial score (nSPS) is 15.8. The molecule has 0 saturated carbocycles. The van der Waals surface area contributed by atoms with Crippen LogP contribution in [0.4, 0.5) is 5.69 Å². The molecule has 2 aliphatic rings. The van der Waals surface area contributed by atoms with Gasteiger partial charge in [0.25, 0.3) is 5.91 Å². The number of hydrogen-bond donors (Lipinski definition) is 0. The first-order valence-corrected chi connectivity index (χ1v) is 12.4. The van der Waals surface area contributed by atoms with Crippen molar-refractivity contribution in [2.45, 2.75) is 19.8 Å². The summed E-state index contributed by atoms with van der Waals surface area (Å²) in [7, 11) is 1.57. The van der Waals surface area contributed by atoms with Crippen LogP contribution in [0.3, 0.4) is 0 Å². The Morgan fingerprint density at radius 1 is 1.03 bits per heavy atom. The van der Waals surface area contributed by atoms with E-state index in [0.717, 1.165) is 32.7 Å². The third-order valence-electron chi connectivity index (χ3n) is 6.58. The van der Waals surface area contributed by atoms with Crippen LogP contribution < -0.4 is 19.1 Å². The van der Waals surface area contributed by atoms with Crippen molar-refractivity contribution in [3.63, 3.8) is 0 Å². The highest BCUT2D eigenvalue weighted by Gasteiger charge is 2.27. The Kier molecular flexibility index (Phi) is 8.43. The quantitative estimate of drug-likeness (QED) is 0.468. The van der Waals surface area contributed by atoms with Crippen molar-refractivity contribution in [3.8, 4) is 17.2 Å². The van der Waals surface area contributed by atoms with E-state index < -0.39 is 0 Å². The number of ketones is 1. The second-order valence-electron chi connectivity index (χ2n) is 8.83. The summed E-state index contributed by atoms with van der Waals surface area (Å²) in [6.45, 7) is 6.58. The number of carbonyl (C=O) groups is 3. The molecule has 36 heavy (non-hydrogen) atoms. The molecule has 4 rings (SSSR count). The first-order chi connectivity index (χ1) is 17.5. The summed E-state index contributed by atoms with van der Waals surface area (Å²) < 4.78 is 16.4. The summed E-state index contributed by atoms with van der Waals surface area (Å²) in [5.74, 6) is 1.42. The van der Waals surface area contributed by atoms with E-state index in [9.17, 15) is 14.4 Å². The number of benzene rings is 2. The standard InChI is InChI=1S/C27H33N3O6/c1-3-28-12-14-29(15-13-28)26(32)8-5-11-30-23-16-20(9-10-25(23)36-19-27(30)33)24(31)18-35-22-7-4-6-21(17-22)34-2/h4,6-7,9-10,16-17H,3,5,8,11-15,18-19H2,1-2H3. The maximum Gasteiger partial charge on any atom is 0.265 e. The number of amides is 2. The highest BCUT2D eigenvalue weighted by molar-refractivity contribution is 6.02. The van der Waals surface area contributed by atoms with Gasteiger partial charge in [-0.25, -0.2) is 0 Å². The van der Waals surface area contributed by atoms with Crippen LogP contribution in [-0.4, -0.2) is 87.0 Å². The van der Waals surface area contributed by atoms with Gasteiger partial charge in [-0.1, -0.05) is 13.0 Å². The average molecular weight is 496 g/mol. The van der Waals surface area contributed by atoms with Gasteiger partial charge in [0.1, 0.15) is 17.2 Å². The molecular formula is C27H33N3O6.